The second-order valence-electron chi connectivity index (χ2n) is 4.91. The van der Waals surface area contributed by atoms with Gasteiger partial charge >= 0.3 is 5.69 Å². The molecule has 1 atom stereocenters. The van der Waals surface area contributed by atoms with Gasteiger partial charge in [-0.25, -0.2) is 0 Å². The molecule has 0 aliphatic carbocycles. The Morgan fingerprint density at radius 2 is 2.15 bits per heavy atom. The molecule has 0 bridgehead atoms. The zero-order valence-electron chi connectivity index (χ0n) is 11.3. The molecule has 1 aromatic carbocycles. The summed E-state index contributed by atoms with van der Waals surface area (Å²) >= 11 is 0. The van der Waals surface area contributed by atoms with Gasteiger partial charge in [0.05, 0.1) is 17.6 Å². The summed E-state index contributed by atoms with van der Waals surface area (Å²) in [7, 11) is 0. The van der Waals surface area contributed by atoms with Crippen LogP contribution in [0, 0.1) is 21.8 Å². The summed E-state index contributed by atoms with van der Waals surface area (Å²) in [6.07, 6.45) is 0.581. The molecule has 0 aromatic heterocycles. The van der Waals surface area contributed by atoms with Crippen LogP contribution in [0.25, 0.3) is 0 Å². The number of carbonyl (C=O) groups excluding carboxylic acids is 1. The van der Waals surface area contributed by atoms with Gasteiger partial charge in [0, 0.05) is 11.6 Å². The lowest BCUT2D eigenvalue weighted by Crippen LogP contribution is -2.38. The van der Waals surface area contributed by atoms with Crippen LogP contribution in [-0.2, 0) is 0 Å². The molecule has 0 saturated heterocycles. The molecule has 6 nitrogen and oxygen atoms in total. The van der Waals surface area contributed by atoms with Crippen molar-refractivity contribution in [1.82, 2.24) is 5.32 Å². The molecule has 1 aromatic rings. The summed E-state index contributed by atoms with van der Waals surface area (Å²) in [5.74, 6) is -1.35. The second-order valence-corrected chi connectivity index (χ2v) is 4.91. The number of halogens is 1. The van der Waals surface area contributed by atoms with Crippen molar-refractivity contribution in [1.29, 1.82) is 0 Å². The van der Waals surface area contributed by atoms with Crippen LogP contribution in [0.5, 0.6) is 0 Å². The van der Waals surface area contributed by atoms with Crippen molar-refractivity contribution in [2.24, 2.45) is 5.92 Å². The molecule has 0 aliphatic rings. The Morgan fingerprint density at radius 3 is 2.60 bits per heavy atom. The number of nitrogens with one attached hydrogen (secondary N) is 1. The number of hydrogen-bond donors (Lipinski definition) is 2. The van der Waals surface area contributed by atoms with Gasteiger partial charge in [0.1, 0.15) is 0 Å². The minimum absolute atomic E-state index is 0.0182. The van der Waals surface area contributed by atoms with E-state index >= 15 is 0 Å². The third kappa shape index (κ3) is 4.27. The van der Waals surface area contributed by atoms with Gasteiger partial charge in [0.2, 0.25) is 5.82 Å². The average molecular weight is 284 g/mol. The van der Waals surface area contributed by atoms with Gasteiger partial charge in [0.25, 0.3) is 5.91 Å². The van der Waals surface area contributed by atoms with Crippen LogP contribution in [0.3, 0.4) is 0 Å². The molecule has 1 rings (SSSR count). The minimum atomic E-state index is -1.06. The lowest BCUT2D eigenvalue weighted by molar-refractivity contribution is -0.387. The molecule has 0 radical (unpaired) electrons. The molecular weight excluding hydrogens is 267 g/mol. The lowest BCUT2D eigenvalue weighted by atomic mass is 10.0. The normalized spacial score (nSPS) is 12.2. The molecule has 0 aliphatic heterocycles. The highest BCUT2D eigenvalue weighted by molar-refractivity contribution is 5.94. The zero-order valence-corrected chi connectivity index (χ0v) is 11.3. The van der Waals surface area contributed by atoms with Crippen LogP contribution in [0.2, 0.25) is 0 Å². The Kier molecular flexibility index (Phi) is 5.57. The van der Waals surface area contributed by atoms with Crippen molar-refractivity contribution < 1.29 is 19.2 Å². The van der Waals surface area contributed by atoms with E-state index in [1.807, 2.05) is 13.8 Å². The smallest absolute Gasteiger partial charge is 0.304 e. The number of nitrogens with zero attached hydrogens (tertiary/aromatic N) is 1. The summed E-state index contributed by atoms with van der Waals surface area (Å²) in [5, 5.41) is 22.2. The van der Waals surface area contributed by atoms with Crippen LogP contribution < -0.4 is 5.32 Å². The van der Waals surface area contributed by atoms with E-state index in [-0.39, 0.29) is 18.1 Å². The van der Waals surface area contributed by atoms with Crippen LogP contribution in [0.4, 0.5) is 10.1 Å². The quantitative estimate of drug-likeness (QED) is 0.616. The fourth-order valence-electron chi connectivity index (χ4n) is 1.81. The predicted molar refractivity (Wildman–Crippen MR) is 70.8 cm³/mol. The monoisotopic (exact) mass is 284 g/mol. The Labute approximate surface area is 115 Å². The van der Waals surface area contributed by atoms with Crippen molar-refractivity contribution in [2.75, 3.05) is 6.61 Å². The van der Waals surface area contributed by atoms with E-state index < -0.39 is 28.4 Å². The Morgan fingerprint density at radius 1 is 1.50 bits per heavy atom. The topological polar surface area (TPSA) is 92.5 Å². The minimum Gasteiger partial charge on any atom is -0.394 e. The first-order valence-electron chi connectivity index (χ1n) is 6.20. The van der Waals surface area contributed by atoms with E-state index in [0.29, 0.717) is 6.42 Å². The highest BCUT2D eigenvalue weighted by atomic mass is 19.1. The van der Waals surface area contributed by atoms with E-state index in [9.17, 15) is 19.3 Å². The van der Waals surface area contributed by atoms with E-state index in [1.165, 1.54) is 6.07 Å². The van der Waals surface area contributed by atoms with E-state index in [4.69, 9.17) is 5.11 Å². The number of rotatable bonds is 6. The Bertz CT molecular complexity index is 505. The first-order chi connectivity index (χ1) is 9.35. The van der Waals surface area contributed by atoms with Crippen molar-refractivity contribution in [3.8, 4) is 0 Å². The fraction of sp³-hybridized carbons (Fsp3) is 0.462. The average Bonchev–Trinajstić information content (AvgIpc) is 2.36. The molecular formula is C13H17FN2O4. The summed E-state index contributed by atoms with van der Waals surface area (Å²) in [4.78, 5) is 21.5. The largest absolute Gasteiger partial charge is 0.394 e. The molecule has 0 spiro atoms. The van der Waals surface area contributed by atoms with Gasteiger partial charge < -0.3 is 10.4 Å². The van der Waals surface area contributed by atoms with Crippen molar-refractivity contribution in [3.05, 3.63) is 39.7 Å². The van der Waals surface area contributed by atoms with Crippen LogP contribution in [0.1, 0.15) is 30.6 Å². The number of nitro benzene ring substituents is 1. The third-order valence-electron chi connectivity index (χ3n) is 2.72. The van der Waals surface area contributed by atoms with Crippen LogP contribution >= 0.6 is 0 Å². The number of nitro groups is 1. The first-order valence-corrected chi connectivity index (χ1v) is 6.20. The Balaban J connectivity index is 2.82. The molecule has 0 heterocycles. The van der Waals surface area contributed by atoms with Crippen molar-refractivity contribution in [3.63, 3.8) is 0 Å². The van der Waals surface area contributed by atoms with Gasteiger partial charge in [-0.15, -0.1) is 0 Å². The maximum Gasteiger partial charge on any atom is 0.304 e. The number of benzene rings is 1. The van der Waals surface area contributed by atoms with E-state index in [2.05, 4.69) is 5.32 Å². The number of hydrogen-bond acceptors (Lipinski definition) is 4. The molecule has 0 fully saturated rings. The van der Waals surface area contributed by atoms with Crippen molar-refractivity contribution >= 4 is 11.6 Å². The molecule has 2 N–H and O–H groups in total. The molecule has 1 amide bonds. The van der Waals surface area contributed by atoms with Crippen molar-refractivity contribution in [2.45, 2.75) is 26.3 Å². The fourth-order valence-corrected chi connectivity index (χ4v) is 1.81. The summed E-state index contributed by atoms with van der Waals surface area (Å²) in [5.41, 5.74) is -0.697. The predicted octanol–water partition coefficient (Wildman–Crippen LogP) is 1.87. The number of amides is 1. The SMILES string of the molecule is CC(C)CC(CO)NC(=O)c1ccc([N+](=O)[O-])c(F)c1. The summed E-state index contributed by atoms with van der Waals surface area (Å²) in [6.45, 7) is 3.67. The van der Waals surface area contributed by atoms with E-state index in [0.717, 1.165) is 12.1 Å². The maximum atomic E-state index is 13.4. The second kappa shape index (κ2) is 6.95. The van der Waals surface area contributed by atoms with E-state index in [1.54, 1.807) is 0 Å². The molecule has 0 saturated carbocycles. The molecule has 110 valence electrons. The molecule has 20 heavy (non-hydrogen) atoms. The number of aliphatic hydroxyl groups is 1. The van der Waals surface area contributed by atoms with Crippen LogP contribution in [0.15, 0.2) is 18.2 Å². The van der Waals surface area contributed by atoms with Gasteiger partial charge in [-0.3, -0.25) is 14.9 Å². The van der Waals surface area contributed by atoms with Gasteiger partial charge in [0.15, 0.2) is 0 Å². The highest BCUT2D eigenvalue weighted by Crippen LogP contribution is 2.18. The van der Waals surface area contributed by atoms with Gasteiger partial charge in [-0.05, 0) is 24.5 Å². The highest BCUT2D eigenvalue weighted by Gasteiger charge is 2.19. The zero-order chi connectivity index (χ0) is 15.3. The summed E-state index contributed by atoms with van der Waals surface area (Å²) in [6, 6.07) is 2.51. The van der Waals surface area contributed by atoms with Gasteiger partial charge in [-0.1, -0.05) is 13.8 Å². The lowest BCUT2D eigenvalue weighted by Gasteiger charge is -2.18. The Hall–Kier alpha value is -2.02. The first kappa shape index (κ1) is 16.0. The maximum absolute atomic E-state index is 13.4. The number of carbonyl (C=O) groups is 1. The summed E-state index contributed by atoms with van der Waals surface area (Å²) < 4.78 is 13.4. The third-order valence-corrected chi connectivity index (χ3v) is 2.72. The standard InChI is InChI=1S/C13H17FN2O4/c1-8(2)5-10(7-17)15-13(18)9-3-4-12(16(19)20)11(14)6-9/h3-4,6,8,10,17H,5,7H2,1-2H3,(H,15,18). The van der Waals surface area contributed by atoms with Gasteiger partial charge in [-0.2, -0.15) is 4.39 Å². The molecule has 1 unspecified atom stereocenters. The molecule has 7 heteroatoms. The number of aliphatic hydroxyl groups excluding tert-OH is 1. The van der Waals surface area contributed by atoms with Crippen LogP contribution in [-0.4, -0.2) is 28.6 Å².